The molecule has 1 unspecified atom stereocenters. The summed E-state index contributed by atoms with van der Waals surface area (Å²) in [5.41, 5.74) is 0.897. The maximum atomic E-state index is 12.0. The fourth-order valence-electron chi connectivity index (χ4n) is 4.39. The van der Waals surface area contributed by atoms with Gasteiger partial charge in [-0.2, -0.15) is 0 Å². The summed E-state index contributed by atoms with van der Waals surface area (Å²) < 4.78 is 0. The number of piperazine rings is 1. The highest BCUT2D eigenvalue weighted by Gasteiger charge is 2.28. The Hall–Kier alpha value is -1.99. The average Bonchev–Trinajstić information content (AvgIpc) is 2.70. The van der Waals surface area contributed by atoms with Gasteiger partial charge in [0.15, 0.2) is 0 Å². The number of pyridine rings is 1. The predicted molar refractivity (Wildman–Crippen MR) is 104 cm³/mol. The molecule has 0 bridgehead atoms. The van der Waals surface area contributed by atoms with Crippen LogP contribution in [-0.2, 0) is 9.59 Å². The van der Waals surface area contributed by atoms with Crippen molar-refractivity contribution in [3.63, 3.8) is 0 Å². The minimum absolute atomic E-state index is 0.178. The van der Waals surface area contributed by atoms with Crippen LogP contribution in [0.15, 0.2) is 18.3 Å². The van der Waals surface area contributed by atoms with Gasteiger partial charge in [0.1, 0.15) is 5.82 Å². The number of hydrogen-bond acceptors (Lipinski definition) is 6. The summed E-state index contributed by atoms with van der Waals surface area (Å²) in [5.74, 6) is 1.18. The summed E-state index contributed by atoms with van der Waals surface area (Å²) in [6.45, 7) is 7.70. The van der Waals surface area contributed by atoms with Crippen molar-refractivity contribution in [3.05, 3.63) is 23.9 Å². The van der Waals surface area contributed by atoms with Gasteiger partial charge in [0.25, 0.3) is 0 Å². The standard InChI is InChI=1S/C20H29N5O2/c26-19-4-2-17(20(27)23-19)16-1-3-18(22-13-16)25-11-9-24(10-12-25)14-15-5-7-21-8-6-15/h1,3,13,15,17,21H,2,4-12,14H2,(H,23,26,27). The molecular formula is C20H29N5O2. The number of piperidine rings is 2. The molecule has 4 rings (SSSR count). The van der Waals surface area contributed by atoms with Gasteiger partial charge in [0.2, 0.25) is 11.8 Å². The molecule has 27 heavy (non-hydrogen) atoms. The van der Waals surface area contributed by atoms with E-state index in [0.717, 1.165) is 56.6 Å². The van der Waals surface area contributed by atoms with Crippen molar-refractivity contribution in [1.82, 2.24) is 20.5 Å². The molecule has 3 fully saturated rings. The van der Waals surface area contributed by atoms with Crippen LogP contribution in [-0.4, -0.2) is 67.5 Å². The number of rotatable bonds is 4. The molecule has 2 N–H and O–H groups in total. The molecule has 3 aliphatic rings. The largest absolute Gasteiger partial charge is 0.354 e. The van der Waals surface area contributed by atoms with E-state index in [1.165, 1.54) is 19.4 Å². The molecule has 1 aromatic heterocycles. The quantitative estimate of drug-likeness (QED) is 0.760. The number of anilines is 1. The zero-order chi connectivity index (χ0) is 18.6. The van der Waals surface area contributed by atoms with Crippen LogP contribution in [0.4, 0.5) is 5.82 Å². The van der Waals surface area contributed by atoms with Crippen molar-refractivity contribution in [2.24, 2.45) is 5.92 Å². The normalized spacial score (nSPS) is 25.5. The van der Waals surface area contributed by atoms with E-state index >= 15 is 0 Å². The van der Waals surface area contributed by atoms with Crippen LogP contribution in [0.25, 0.3) is 0 Å². The maximum Gasteiger partial charge on any atom is 0.234 e. The summed E-state index contributed by atoms with van der Waals surface area (Å²) in [7, 11) is 0. The minimum Gasteiger partial charge on any atom is -0.354 e. The molecule has 0 aromatic carbocycles. The van der Waals surface area contributed by atoms with E-state index in [2.05, 4.69) is 25.4 Å². The lowest BCUT2D eigenvalue weighted by Gasteiger charge is -2.38. The van der Waals surface area contributed by atoms with Gasteiger partial charge in [-0.1, -0.05) is 6.07 Å². The van der Waals surface area contributed by atoms with Crippen LogP contribution in [0, 0.1) is 5.92 Å². The van der Waals surface area contributed by atoms with Gasteiger partial charge in [0.05, 0.1) is 5.92 Å². The molecule has 1 aromatic rings. The Labute approximate surface area is 160 Å². The zero-order valence-electron chi connectivity index (χ0n) is 15.8. The maximum absolute atomic E-state index is 12.0. The molecule has 146 valence electrons. The first-order chi connectivity index (χ1) is 13.2. The molecule has 7 heteroatoms. The fourth-order valence-corrected chi connectivity index (χ4v) is 4.39. The molecular weight excluding hydrogens is 342 g/mol. The Bertz CT molecular complexity index is 663. The van der Waals surface area contributed by atoms with Crippen LogP contribution in [0.3, 0.4) is 0 Å². The average molecular weight is 371 g/mol. The SMILES string of the molecule is O=C1CCC(c2ccc(N3CCN(CC4CCNCC4)CC3)nc2)C(=O)N1. The first kappa shape index (κ1) is 18.4. The van der Waals surface area contributed by atoms with Crippen LogP contribution < -0.4 is 15.5 Å². The highest BCUT2D eigenvalue weighted by Crippen LogP contribution is 2.26. The van der Waals surface area contributed by atoms with Crippen molar-refractivity contribution < 1.29 is 9.59 Å². The van der Waals surface area contributed by atoms with E-state index in [1.54, 1.807) is 6.20 Å². The summed E-state index contributed by atoms with van der Waals surface area (Å²) in [5, 5.41) is 5.86. The van der Waals surface area contributed by atoms with E-state index in [-0.39, 0.29) is 17.7 Å². The van der Waals surface area contributed by atoms with E-state index in [0.29, 0.717) is 12.8 Å². The Morgan fingerprint density at radius 1 is 1.04 bits per heavy atom. The molecule has 7 nitrogen and oxygen atoms in total. The Kier molecular flexibility index (Phi) is 5.69. The molecule has 3 aliphatic heterocycles. The summed E-state index contributed by atoms with van der Waals surface area (Å²) in [6.07, 6.45) is 5.36. The third-order valence-corrected chi connectivity index (χ3v) is 6.08. The number of carbonyl (C=O) groups is 2. The van der Waals surface area contributed by atoms with Gasteiger partial charge in [-0.3, -0.25) is 19.8 Å². The second-order valence-corrected chi connectivity index (χ2v) is 7.93. The number of carbonyl (C=O) groups excluding carboxylic acids is 2. The smallest absolute Gasteiger partial charge is 0.234 e. The van der Waals surface area contributed by atoms with Crippen LogP contribution in [0.5, 0.6) is 0 Å². The highest BCUT2D eigenvalue weighted by atomic mass is 16.2. The van der Waals surface area contributed by atoms with Crippen LogP contribution >= 0.6 is 0 Å². The molecule has 1 atom stereocenters. The zero-order valence-corrected chi connectivity index (χ0v) is 15.8. The predicted octanol–water partition coefficient (Wildman–Crippen LogP) is 0.723. The van der Waals surface area contributed by atoms with Gasteiger partial charge < -0.3 is 10.2 Å². The number of nitrogens with one attached hydrogen (secondary N) is 2. The van der Waals surface area contributed by atoms with E-state index < -0.39 is 0 Å². The van der Waals surface area contributed by atoms with Gasteiger partial charge in [-0.15, -0.1) is 0 Å². The Balaban J connectivity index is 1.29. The molecule has 0 saturated carbocycles. The number of amides is 2. The van der Waals surface area contributed by atoms with E-state index in [4.69, 9.17) is 0 Å². The molecule has 0 radical (unpaired) electrons. The number of hydrogen-bond donors (Lipinski definition) is 2. The van der Waals surface area contributed by atoms with Crippen molar-refractivity contribution in [1.29, 1.82) is 0 Å². The first-order valence-corrected chi connectivity index (χ1v) is 10.2. The Morgan fingerprint density at radius 2 is 1.81 bits per heavy atom. The van der Waals surface area contributed by atoms with Gasteiger partial charge in [0, 0.05) is 45.3 Å². The lowest BCUT2D eigenvalue weighted by Crippen LogP contribution is -2.48. The second-order valence-electron chi connectivity index (χ2n) is 7.93. The van der Waals surface area contributed by atoms with Gasteiger partial charge in [-0.05, 0) is 49.9 Å². The summed E-state index contributed by atoms with van der Waals surface area (Å²) >= 11 is 0. The topological polar surface area (TPSA) is 77.6 Å². The summed E-state index contributed by atoms with van der Waals surface area (Å²) in [4.78, 5) is 32.8. The van der Waals surface area contributed by atoms with Crippen molar-refractivity contribution in [2.75, 3.05) is 50.7 Å². The monoisotopic (exact) mass is 371 g/mol. The van der Waals surface area contributed by atoms with Crippen LogP contribution in [0.1, 0.15) is 37.2 Å². The summed E-state index contributed by atoms with van der Waals surface area (Å²) in [6, 6.07) is 4.01. The van der Waals surface area contributed by atoms with Crippen molar-refractivity contribution >= 4 is 17.6 Å². The van der Waals surface area contributed by atoms with Crippen molar-refractivity contribution in [3.8, 4) is 0 Å². The second kappa shape index (κ2) is 8.35. The molecule has 2 amide bonds. The number of nitrogens with zero attached hydrogens (tertiary/aromatic N) is 3. The lowest BCUT2D eigenvalue weighted by atomic mass is 9.92. The number of imide groups is 1. The Morgan fingerprint density at radius 3 is 2.48 bits per heavy atom. The van der Waals surface area contributed by atoms with E-state index in [9.17, 15) is 9.59 Å². The first-order valence-electron chi connectivity index (χ1n) is 10.2. The molecule has 0 aliphatic carbocycles. The van der Waals surface area contributed by atoms with Crippen molar-refractivity contribution in [2.45, 2.75) is 31.6 Å². The highest BCUT2D eigenvalue weighted by molar-refractivity contribution is 6.00. The lowest BCUT2D eigenvalue weighted by molar-refractivity contribution is -0.134. The van der Waals surface area contributed by atoms with Gasteiger partial charge >= 0.3 is 0 Å². The minimum atomic E-state index is -0.258. The molecule has 3 saturated heterocycles. The number of aromatic nitrogens is 1. The van der Waals surface area contributed by atoms with Gasteiger partial charge in [-0.25, -0.2) is 4.98 Å². The third kappa shape index (κ3) is 4.47. The molecule has 0 spiro atoms. The van der Waals surface area contributed by atoms with Crippen LogP contribution in [0.2, 0.25) is 0 Å². The molecule has 4 heterocycles. The van der Waals surface area contributed by atoms with E-state index in [1.807, 2.05) is 12.1 Å². The third-order valence-electron chi connectivity index (χ3n) is 6.08. The fraction of sp³-hybridized carbons (Fsp3) is 0.650.